The number of benzene rings is 7. The molecule has 8 aromatic rings. The quantitative estimate of drug-likeness (QED) is 0.171. The third kappa shape index (κ3) is 5.22. The topological polar surface area (TPSA) is 4.93 Å². The van der Waals surface area contributed by atoms with Gasteiger partial charge in [0.2, 0.25) is 0 Å². The fraction of sp³-hybridized carbons (Fsp3) is 0.127. The lowest BCUT2D eigenvalue weighted by Crippen LogP contribution is -2.19. The van der Waals surface area contributed by atoms with Crippen molar-refractivity contribution in [2.75, 3.05) is 0 Å². The van der Waals surface area contributed by atoms with E-state index in [9.17, 15) is 0 Å². The first-order chi connectivity index (χ1) is 27.2. The lowest BCUT2D eigenvalue weighted by atomic mass is 9.75. The average Bonchev–Trinajstić information content (AvgIpc) is 3.71. The van der Waals surface area contributed by atoms with Crippen LogP contribution in [-0.4, -0.2) is 4.57 Å². The van der Waals surface area contributed by atoms with E-state index < -0.39 is 0 Å². The molecule has 0 fully saturated rings. The van der Waals surface area contributed by atoms with Crippen molar-refractivity contribution in [2.24, 2.45) is 0 Å². The molecule has 10 rings (SSSR count). The molecule has 270 valence electrons. The van der Waals surface area contributed by atoms with Crippen molar-refractivity contribution in [3.8, 4) is 39.1 Å². The van der Waals surface area contributed by atoms with Crippen molar-refractivity contribution in [1.29, 1.82) is 0 Å². The third-order valence-electron chi connectivity index (χ3n) is 12.5. The highest BCUT2D eigenvalue weighted by molar-refractivity contribution is 6.16. The van der Waals surface area contributed by atoms with Crippen LogP contribution in [0, 0.1) is 0 Å². The van der Waals surface area contributed by atoms with E-state index >= 15 is 0 Å². The van der Waals surface area contributed by atoms with Gasteiger partial charge in [0.25, 0.3) is 0 Å². The maximum Gasteiger partial charge on any atom is 0.0619 e. The largest absolute Gasteiger partial charge is 0.308 e. The summed E-state index contributed by atoms with van der Waals surface area (Å²) in [5.41, 5.74) is 19.9. The summed E-state index contributed by atoms with van der Waals surface area (Å²) < 4.78 is 2.57. The first kappa shape index (κ1) is 34.1. The average molecular weight is 720 g/mol. The Balaban J connectivity index is 1.27. The highest BCUT2D eigenvalue weighted by Gasteiger charge is 2.38. The second kappa shape index (κ2) is 12.8. The van der Waals surface area contributed by atoms with Gasteiger partial charge < -0.3 is 4.57 Å². The molecule has 1 aromatic heterocycles. The SMILES string of the molecule is C=C1/C=C\C=C(\c2cccc3c4cccc(-c5cccc6c5C(C)(C)c5ccccc5-6)c4n(-c4ccc(-c5ccccc5)cc4)c23)CC(C)(C)c2ccccc21. The lowest BCUT2D eigenvalue weighted by molar-refractivity contribution is 0.541. The molecule has 0 saturated heterocycles. The van der Waals surface area contributed by atoms with E-state index in [4.69, 9.17) is 0 Å². The Hall–Kier alpha value is -6.44. The van der Waals surface area contributed by atoms with Gasteiger partial charge in [-0.3, -0.25) is 0 Å². The molecule has 0 radical (unpaired) electrons. The van der Waals surface area contributed by atoms with E-state index in [2.05, 4.69) is 215 Å². The van der Waals surface area contributed by atoms with E-state index in [0.717, 1.165) is 17.7 Å². The molecule has 0 saturated carbocycles. The van der Waals surface area contributed by atoms with E-state index in [0.29, 0.717) is 0 Å². The number of fused-ring (bicyclic) bond motifs is 7. The third-order valence-corrected chi connectivity index (χ3v) is 12.5. The minimum absolute atomic E-state index is 0.135. The molecular weight excluding hydrogens is 675 g/mol. The summed E-state index contributed by atoms with van der Waals surface area (Å²) in [6.07, 6.45) is 7.58. The molecule has 1 heterocycles. The molecule has 0 atom stereocenters. The van der Waals surface area contributed by atoms with Crippen LogP contribution in [0.4, 0.5) is 0 Å². The number of allylic oxidation sites excluding steroid dienone is 5. The normalized spacial score (nSPS) is 16.9. The van der Waals surface area contributed by atoms with Gasteiger partial charge in [0.1, 0.15) is 0 Å². The highest BCUT2D eigenvalue weighted by Crippen LogP contribution is 2.53. The van der Waals surface area contributed by atoms with Crippen LogP contribution < -0.4 is 0 Å². The molecule has 56 heavy (non-hydrogen) atoms. The fourth-order valence-corrected chi connectivity index (χ4v) is 9.89. The van der Waals surface area contributed by atoms with Crippen LogP contribution in [0.2, 0.25) is 0 Å². The van der Waals surface area contributed by atoms with Gasteiger partial charge in [-0.2, -0.15) is 0 Å². The number of para-hydroxylation sites is 2. The minimum Gasteiger partial charge on any atom is -0.308 e. The summed E-state index contributed by atoms with van der Waals surface area (Å²) in [4.78, 5) is 0. The number of aromatic nitrogens is 1. The maximum absolute atomic E-state index is 4.49. The minimum atomic E-state index is -0.148. The Bertz CT molecular complexity index is 2930. The molecular formula is C55H45N. The number of hydrogen-bond donors (Lipinski definition) is 0. The highest BCUT2D eigenvalue weighted by atomic mass is 15.0. The molecule has 0 aliphatic heterocycles. The zero-order chi connectivity index (χ0) is 38.2. The zero-order valence-corrected chi connectivity index (χ0v) is 32.6. The van der Waals surface area contributed by atoms with Gasteiger partial charge in [-0.25, -0.2) is 0 Å². The van der Waals surface area contributed by atoms with Gasteiger partial charge in [0.05, 0.1) is 11.0 Å². The Kier molecular flexibility index (Phi) is 7.80. The van der Waals surface area contributed by atoms with Gasteiger partial charge in [0, 0.05) is 33.0 Å². The van der Waals surface area contributed by atoms with E-state index in [1.54, 1.807) is 0 Å². The monoisotopic (exact) mass is 719 g/mol. The Morgan fingerprint density at radius 2 is 1.02 bits per heavy atom. The Morgan fingerprint density at radius 3 is 1.75 bits per heavy atom. The summed E-state index contributed by atoms with van der Waals surface area (Å²) in [6.45, 7) is 14.0. The van der Waals surface area contributed by atoms with Gasteiger partial charge in [-0.1, -0.05) is 198 Å². The molecule has 1 heteroatoms. The van der Waals surface area contributed by atoms with Crippen molar-refractivity contribution >= 4 is 33.0 Å². The molecule has 0 unspecified atom stereocenters. The molecule has 0 spiro atoms. The van der Waals surface area contributed by atoms with Crippen LogP contribution in [0.1, 0.15) is 61.9 Å². The molecule has 7 aromatic carbocycles. The standard InChI is InChI=1S/C55H45N/c1-36-17-13-20-39(35-54(2,3)49-29-11-9-21-41(36)49)42-23-14-27-47-48-28-16-26-46(45-25-15-24-44-43-22-10-12-30-50(43)55(4,5)51(44)45)53(48)56(52(42)47)40-33-31-38(32-34-40)37-18-7-6-8-19-37/h6-34H,1,35H2,2-5H3/b17-13-,39-20+. The second-order valence-electron chi connectivity index (χ2n) is 16.7. The summed E-state index contributed by atoms with van der Waals surface area (Å²) in [5, 5.41) is 2.52. The second-order valence-corrected chi connectivity index (χ2v) is 16.7. The summed E-state index contributed by atoms with van der Waals surface area (Å²) in [5.74, 6) is 0. The molecule has 2 aliphatic carbocycles. The Morgan fingerprint density at radius 1 is 0.482 bits per heavy atom. The Labute approximate surface area is 330 Å². The molecule has 0 amide bonds. The summed E-state index contributed by atoms with van der Waals surface area (Å²) in [7, 11) is 0. The van der Waals surface area contributed by atoms with Crippen LogP contribution in [0.25, 0.3) is 72.0 Å². The first-order valence-corrected chi connectivity index (χ1v) is 19.8. The summed E-state index contributed by atoms with van der Waals surface area (Å²) >= 11 is 0. The van der Waals surface area contributed by atoms with Gasteiger partial charge in [-0.05, 0) is 85.2 Å². The number of rotatable bonds is 4. The van der Waals surface area contributed by atoms with Crippen LogP contribution in [-0.2, 0) is 10.8 Å². The predicted octanol–water partition coefficient (Wildman–Crippen LogP) is 14.8. The number of hydrogen-bond acceptors (Lipinski definition) is 0. The van der Waals surface area contributed by atoms with Gasteiger partial charge in [0.15, 0.2) is 0 Å². The summed E-state index contributed by atoms with van der Waals surface area (Å²) in [6, 6.07) is 58.4. The van der Waals surface area contributed by atoms with E-state index in [1.165, 1.54) is 88.6 Å². The van der Waals surface area contributed by atoms with Crippen molar-refractivity contribution < 1.29 is 0 Å². The van der Waals surface area contributed by atoms with Crippen LogP contribution >= 0.6 is 0 Å². The molecule has 0 bridgehead atoms. The smallest absolute Gasteiger partial charge is 0.0619 e. The van der Waals surface area contributed by atoms with E-state index in [-0.39, 0.29) is 10.8 Å². The molecule has 2 aliphatic rings. The van der Waals surface area contributed by atoms with Crippen molar-refractivity contribution in [3.63, 3.8) is 0 Å². The fourth-order valence-electron chi connectivity index (χ4n) is 9.89. The molecule has 1 nitrogen and oxygen atoms in total. The zero-order valence-electron chi connectivity index (χ0n) is 32.6. The van der Waals surface area contributed by atoms with Crippen LogP contribution in [0.15, 0.2) is 183 Å². The van der Waals surface area contributed by atoms with Crippen LogP contribution in [0.5, 0.6) is 0 Å². The van der Waals surface area contributed by atoms with Crippen molar-refractivity contribution in [2.45, 2.75) is 44.9 Å². The number of nitrogens with zero attached hydrogens (tertiary/aromatic N) is 1. The maximum atomic E-state index is 4.49. The van der Waals surface area contributed by atoms with Gasteiger partial charge >= 0.3 is 0 Å². The van der Waals surface area contributed by atoms with E-state index in [1.807, 2.05) is 0 Å². The lowest BCUT2D eigenvalue weighted by Gasteiger charge is -2.29. The molecule has 0 N–H and O–H groups in total. The van der Waals surface area contributed by atoms with Gasteiger partial charge in [-0.15, -0.1) is 0 Å². The van der Waals surface area contributed by atoms with Crippen molar-refractivity contribution in [1.82, 2.24) is 4.57 Å². The first-order valence-electron chi connectivity index (χ1n) is 19.8. The van der Waals surface area contributed by atoms with Crippen LogP contribution in [0.3, 0.4) is 0 Å². The predicted molar refractivity (Wildman–Crippen MR) is 239 cm³/mol. The van der Waals surface area contributed by atoms with Crippen molar-refractivity contribution in [3.05, 3.63) is 210 Å².